The van der Waals surface area contributed by atoms with E-state index in [4.69, 9.17) is 0 Å². The minimum absolute atomic E-state index is 0.0383. The van der Waals surface area contributed by atoms with Crippen LogP contribution >= 0.6 is 0 Å². The number of anilines is 2. The number of aromatic nitrogens is 2. The second kappa shape index (κ2) is 5.64. The molecule has 1 amide bonds. The standard InChI is InChI=1S/C14H15FN4O/c1-8-4-5-11(9(2)18-8)19-14(20)10-6-7-17-13(16-3)12(10)15/h4-7H,1-3H3,(H,16,17)(H,19,20). The van der Waals surface area contributed by atoms with E-state index in [9.17, 15) is 9.18 Å². The van der Waals surface area contributed by atoms with Gasteiger partial charge in [0, 0.05) is 18.9 Å². The Labute approximate surface area is 116 Å². The number of carbonyl (C=O) groups is 1. The van der Waals surface area contributed by atoms with Gasteiger partial charge in [0.25, 0.3) is 5.91 Å². The summed E-state index contributed by atoms with van der Waals surface area (Å²) in [6.07, 6.45) is 1.38. The van der Waals surface area contributed by atoms with Crippen molar-refractivity contribution in [2.24, 2.45) is 0 Å². The zero-order valence-electron chi connectivity index (χ0n) is 11.5. The van der Waals surface area contributed by atoms with Crippen molar-refractivity contribution in [3.05, 3.63) is 47.2 Å². The van der Waals surface area contributed by atoms with Gasteiger partial charge in [0.15, 0.2) is 11.6 Å². The molecular formula is C14H15FN4O. The number of nitrogens with zero attached hydrogens (tertiary/aromatic N) is 2. The molecule has 0 aliphatic rings. The fourth-order valence-electron chi connectivity index (χ4n) is 1.80. The predicted octanol–water partition coefficient (Wildman–Crippen LogP) is 2.53. The number of hydrogen-bond donors (Lipinski definition) is 2. The molecule has 0 fully saturated rings. The first-order valence-corrected chi connectivity index (χ1v) is 6.10. The molecule has 5 nitrogen and oxygen atoms in total. The largest absolute Gasteiger partial charge is 0.371 e. The van der Waals surface area contributed by atoms with Gasteiger partial charge in [-0.05, 0) is 32.0 Å². The van der Waals surface area contributed by atoms with Crippen molar-refractivity contribution in [1.29, 1.82) is 0 Å². The highest BCUT2D eigenvalue weighted by Gasteiger charge is 2.16. The van der Waals surface area contributed by atoms with Gasteiger partial charge in [-0.25, -0.2) is 9.37 Å². The minimum Gasteiger partial charge on any atom is -0.371 e. The van der Waals surface area contributed by atoms with Crippen LogP contribution in [0.3, 0.4) is 0 Å². The number of hydrogen-bond acceptors (Lipinski definition) is 4. The van der Waals surface area contributed by atoms with Crippen molar-refractivity contribution in [2.75, 3.05) is 17.7 Å². The van der Waals surface area contributed by atoms with E-state index in [-0.39, 0.29) is 11.4 Å². The third-order valence-corrected chi connectivity index (χ3v) is 2.84. The molecule has 0 spiro atoms. The molecule has 2 N–H and O–H groups in total. The van der Waals surface area contributed by atoms with Crippen LogP contribution in [0.15, 0.2) is 24.4 Å². The average molecular weight is 274 g/mol. The second-order valence-corrected chi connectivity index (χ2v) is 4.31. The molecule has 0 bridgehead atoms. The van der Waals surface area contributed by atoms with Crippen LogP contribution in [0.5, 0.6) is 0 Å². The van der Waals surface area contributed by atoms with E-state index < -0.39 is 11.7 Å². The van der Waals surface area contributed by atoms with Gasteiger partial charge >= 0.3 is 0 Å². The number of rotatable bonds is 3. The van der Waals surface area contributed by atoms with Crippen molar-refractivity contribution in [2.45, 2.75) is 13.8 Å². The number of carbonyl (C=O) groups excluding carboxylic acids is 1. The van der Waals surface area contributed by atoms with Crippen LogP contribution in [0.25, 0.3) is 0 Å². The summed E-state index contributed by atoms with van der Waals surface area (Å²) in [5, 5.41) is 5.24. The van der Waals surface area contributed by atoms with E-state index in [1.54, 1.807) is 26.1 Å². The number of pyridine rings is 2. The van der Waals surface area contributed by atoms with Crippen LogP contribution in [0.4, 0.5) is 15.9 Å². The Bertz CT molecular complexity index is 658. The zero-order chi connectivity index (χ0) is 14.7. The molecule has 0 aromatic carbocycles. The molecule has 104 valence electrons. The van der Waals surface area contributed by atoms with E-state index >= 15 is 0 Å². The summed E-state index contributed by atoms with van der Waals surface area (Å²) >= 11 is 0. The molecule has 20 heavy (non-hydrogen) atoms. The number of nitrogens with one attached hydrogen (secondary N) is 2. The van der Waals surface area contributed by atoms with Gasteiger partial charge in [-0.1, -0.05) is 0 Å². The lowest BCUT2D eigenvalue weighted by atomic mass is 10.2. The normalized spacial score (nSPS) is 10.2. The van der Waals surface area contributed by atoms with Gasteiger partial charge < -0.3 is 10.6 Å². The highest BCUT2D eigenvalue weighted by molar-refractivity contribution is 6.05. The minimum atomic E-state index is -0.676. The molecule has 2 aromatic rings. The molecule has 0 unspecified atom stereocenters. The maximum Gasteiger partial charge on any atom is 0.258 e. The molecule has 2 aromatic heterocycles. The molecule has 0 aliphatic heterocycles. The SMILES string of the molecule is CNc1nccc(C(=O)Nc2ccc(C)nc2C)c1F. The zero-order valence-corrected chi connectivity index (χ0v) is 11.5. The summed E-state index contributed by atoms with van der Waals surface area (Å²) in [7, 11) is 1.54. The van der Waals surface area contributed by atoms with Gasteiger partial charge in [0.05, 0.1) is 16.9 Å². The maximum absolute atomic E-state index is 14.0. The summed E-state index contributed by atoms with van der Waals surface area (Å²) in [5.74, 6) is -1.17. The van der Waals surface area contributed by atoms with Crippen molar-refractivity contribution >= 4 is 17.4 Å². The highest BCUT2D eigenvalue weighted by atomic mass is 19.1. The van der Waals surface area contributed by atoms with Crippen LogP contribution in [0, 0.1) is 19.7 Å². The molecule has 0 saturated heterocycles. The van der Waals surface area contributed by atoms with Crippen LogP contribution in [0.2, 0.25) is 0 Å². The Kier molecular flexibility index (Phi) is 3.93. The van der Waals surface area contributed by atoms with Crippen LogP contribution < -0.4 is 10.6 Å². The van der Waals surface area contributed by atoms with Gasteiger partial charge in [0.1, 0.15) is 0 Å². The Morgan fingerprint density at radius 1 is 1.25 bits per heavy atom. The lowest BCUT2D eigenvalue weighted by molar-refractivity contribution is 0.102. The Hall–Kier alpha value is -2.50. The van der Waals surface area contributed by atoms with E-state index in [2.05, 4.69) is 20.6 Å². The van der Waals surface area contributed by atoms with Crippen LogP contribution in [-0.4, -0.2) is 22.9 Å². The molecule has 0 radical (unpaired) electrons. The molecule has 0 atom stereocenters. The first-order valence-electron chi connectivity index (χ1n) is 6.10. The summed E-state index contributed by atoms with van der Waals surface area (Å²) < 4.78 is 14.0. The summed E-state index contributed by atoms with van der Waals surface area (Å²) in [5.41, 5.74) is 2.03. The molecule has 2 rings (SSSR count). The van der Waals surface area contributed by atoms with E-state index in [1.807, 2.05) is 6.92 Å². The lowest BCUT2D eigenvalue weighted by Crippen LogP contribution is -2.16. The molecule has 2 heterocycles. The van der Waals surface area contributed by atoms with Crippen molar-refractivity contribution in [3.8, 4) is 0 Å². The van der Waals surface area contributed by atoms with Crippen LogP contribution in [-0.2, 0) is 0 Å². The summed E-state index contributed by atoms with van der Waals surface area (Å²) in [4.78, 5) is 20.1. The quantitative estimate of drug-likeness (QED) is 0.902. The maximum atomic E-state index is 14.0. The monoisotopic (exact) mass is 274 g/mol. The fraction of sp³-hybridized carbons (Fsp3) is 0.214. The summed E-state index contributed by atoms with van der Waals surface area (Å²) in [6, 6.07) is 4.86. The van der Waals surface area contributed by atoms with Crippen molar-refractivity contribution < 1.29 is 9.18 Å². The van der Waals surface area contributed by atoms with Gasteiger partial charge in [-0.3, -0.25) is 9.78 Å². The van der Waals surface area contributed by atoms with E-state index in [0.717, 1.165) is 5.69 Å². The molecule has 6 heteroatoms. The van der Waals surface area contributed by atoms with Crippen molar-refractivity contribution in [1.82, 2.24) is 9.97 Å². The lowest BCUT2D eigenvalue weighted by Gasteiger charge is -2.10. The predicted molar refractivity (Wildman–Crippen MR) is 75.4 cm³/mol. The fourth-order valence-corrected chi connectivity index (χ4v) is 1.80. The Morgan fingerprint density at radius 2 is 2.00 bits per heavy atom. The molecule has 0 aliphatic carbocycles. The van der Waals surface area contributed by atoms with Gasteiger partial charge in [-0.2, -0.15) is 0 Å². The van der Waals surface area contributed by atoms with Crippen LogP contribution in [0.1, 0.15) is 21.7 Å². The Morgan fingerprint density at radius 3 is 2.65 bits per heavy atom. The third-order valence-electron chi connectivity index (χ3n) is 2.84. The molecular weight excluding hydrogens is 259 g/mol. The van der Waals surface area contributed by atoms with E-state index in [1.165, 1.54) is 12.3 Å². The second-order valence-electron chi connectivity index (χ2n) is 4.31. The summed E-state index contributed by atoms with van der Waals surface area (Å²) in [6.45, 7) is 3.64. The van der Waals surface area contributed by atoms with Gasteiger partial charge in [0.2, 0.25) is 0 Å². The first-order chi connectivity index (χ1) is 9.52. The smallest absolute Gasteiger partial charge is 0.258 e. The van der Waals surface area contributed by atoms with Gasteiger partial charge in [-0.15, -0.1) is 0 Å². The van der Waals surface area contributed by atoms with E-state index in [0.29, 0.717) is 11.4 Å². The topological polar surface area (TPSA) is 66.9 Å². The first kappa shape index (κ1) is 13.9. The van der Waals surface area contributed by atoms with Crippen molar-refractivity contribution in [3.63, 3.8) is 0 Å². The number of halogens is 1. The average Bonchev–Trinajstić information content (AvgIpc) is 2.42. The Balaban J connectivity index is 2.28. The third kappa shape index (κ3) is 2.74. The number of aryl methyl sites for hydroxylation is 2. The number of amides is 1. The highest BCUT2D eigenvalue weighted by Crippen LogP contribution is 2.18. The molecule has 0 saturated carbocycles.